The maximum atomic E-state index is 13.7. The summed E-state index contributed by atoms with van der Waals surface area (Å²) in [6.45, 7) is 5.97. The Morgan fingerprint density at radius 3 is 2.22 bits per heavy atom. The van der Waals surface area contributed by atoms with E-state index >= 15 is 0 Å². The molecule has 1 nitrogen and oxygen atoms in total. The number of ketones is 1. The third-order valence-electron chi connectivity index (χ3n) is 3.55. The zero-order valence-electron chi connectivity index (χ0n) is 10.9. The zero-order valence-corrected chi connectivity index (χ0v) is 10.9. The van der Waals surface area contributed by atoms with E-state index in [0.29, 0.717) is 16.3 Å². The van der Waals surface area contributed by atoms with Crippen molar-refractivity contribution in [3.05, 3.63) is 47.8 Å². The summed E-state index contributed by atoms with van der Waals surface area (Å²) in [7, 11) is 0. The van der Waals surface area contributed by atoms with Crippen LogP contribution in [0.4, 0.5) is 4.39 Å². The fourth-order valence-corrected chi connectivity index (χ4v) is 2.03. The van der Waals surface area contributed by atoms with Gasteiger partial charge in [0.05, 0.1) is 0 Å². The molecule has 1 atom stereocenters. The lowest BCUT2D eigenvalue weighted by atomic mass is 9.87. The second-order valence-corrected chi connectivity index (χ2v) is 5.04. The molecule has 1 unspecified atom stereocenters. The van der Waals surface area contributed by atoms with E-state index in [1.165, 1.54) is 6.07 Å². The van der Waals surface area contributed by atoms with Gasteiger partial charge in [0.25, 0.3) is 0 Å². The highest BCUT2D eigenvalue weighted by Gasteiger charge is 2.20. The topological polar surface area (TPSA) is 17.1 Å². The molecular formula is C16H17FO. The van der Waals surface area contributed by atoms with E-state index in [4.69, 9.17) is 0 Å². The Bertz CT molecular complexity index is 587. The Hall–Kier alpha value is -1.70. The SMILES string of the molecule is CC(C)C(C)C(=O)c1ccc(F)c2ccccc12. The molecule has 94 valence electrons. The Morgan fingerprint density at radius 1 is 1.00 bits per heavy atom. The maximum absolute atomic E-state index is 13.7. The van der Waals surface area contributed by atoms with Gasteiger partial charge in [-0.3, -0.25) is 4.79 Å². The molecule has 0 saturated heterocycles. The van der Waals surface area contributed by atoms with Gasteiger partial charge in [0.1, 0.15) is 5.82 Å². The molecule has 0 bridgehead atoms. The van der Waals surface area contributed by atoms with Crippen molar-refractivity contribution in [3.63, 3.8) is 0 Å². The van der Waals surface area contributed by atoms with Crippen LogP contribution >= 0.6 is 0 Å². The number of hydrogen-bond acceptors (Lipinski definition) is 1. The molecule has 0 saturated carbocycles. The normalized spacial score (nSPS) is 12.9. The number of Topliss-reactive ketones (excluding diaryl/α,β-unsaturated/α-hetero) is 1. The lowest BCUT2D eigenvalue weighted by Crippen LogP contribution is -2.17. The van der Waals surface area contributed by atoms with E-state index in [9.17, 15) is 9.18 Å². The van der Waals surface area contributed by atoms with Crippen LogP contribution in [0.25, 0.3) is 10.8 Å². The van der Waals surface area contributed by atoms with Crippen LogP contribution in [-0.2, 0) is 0 Å². The molecule has 2 aromatic rings. The molecule has 2 rings (SSSR count). The van der Waals surface area contributed by atoms with Crippen molar-refractivity contribution >= 4 is 16.6 Å². The number of benzene rings is 2. The predicted molar refractivity (Wildman–Crippen MR) is 72.2 cm³/mol. The molecule has 0 N–H and O–H groups in total. The molecule has 0 aliphatic heterocycles. The monoisotopic (exact) mass is 244 g/mol. The van der Waals surface area contributed by atoms with Crippen LogP contribution in [0.15, 0.2) is 36.4 Å². The summed E-state index contributed by atoms with van der Waals surface area (Å²) in [6.07, 6.45) is 0. The molecular weight excluding hydrogens is 227 g/mol. The standard InChI is InChI=1S/C16H17FO/c1-10(2)11(3)16(18)14-8-9-15(17)13-7-5-4-6-12(13)14/h4-11H,1-3H3. The van der Waals surface area contributed by atoms with E-state index in [1.807, 2.05) is 26.8 Å². The highest BCUT2D eigenvalue weighted by Crippen LogP contribution is 2.25. The van der Waals surface area contributed by atoms with Crippen molar-refractivity contribution in [3.8, 4) is 0 Å². The molecule has 0 aromatic heterocycles. The van der Waals surface area contributed by atoms with Crippen LogP contribution in [0, 0.1) is 17.7 Å². The summed E-state index contributed by atoms with van der Waals surface area (Å²) in [5, 5.41) is 1.22. The maximum Gasteiger partial charge on any atom is 0.166 e. The average Bonchev–Trinajstić information content (AvgIpc) is 2.38. The van der Waals surface area contributed by atoms with E-state index in [1.54, 1.807) is 24.3 Å². The number of hydrogen-bond donors (Lipinski definition) is 0. The van der Waals surface area contributed by atoms with Gasteiger partial charge in [-0.25, -0.2) is 4.39 Å². The Labute approximate surface area is 107 Å². The molecule has 2 heteroatoms. The first-order valence-electron chi connectivity index (χ1n) is 6.24. The van der Waals surface area contributed by atoms with Crippen molar-refractivity contribution in [1.29, 1.82) is 0 Å². The highest BCUT2D eigenvalue weighted by atomic mass is 19.1. The fourth-order valence-electron chi connectivity index (χ4n) is 2.03. The molecule has 0 amide bonds. The van der Waals surface area contributed by atoms with Crippen molar-refractivity contribution in [1.82, 2.24) is 0 Å². The van der Waals surface area contributed by atoms with Crippen molar-refractivity contribution < 1.29 is 9.18 Å². The quantitative estimate of drug-likeness (QED) is 0.729. The Balaban J connectivity index is 2.59. The van der Waals surface area contributed by atoms with E-state index in [0.717, 1.165) is 0 Å². The van der Waals surface area contributed by atoms with Crippen LogP contribution in [0.2, 0.25) is 0 Å². The number of rotatable bonds is 3. The minimum atomic E-state index is -0.278. The summed E-state index contributed by atoms with van der Waals surface area (Å²) in [4.78, 5) is 12.4. The summed E-state index contributed by atoms with van der Waals surface area (Å²) in [6, 6.07) is 10.1. The molecule has 18 heavy (non-hydrogen) atoms. The Morgan fingerprint density at radius 2 is 1.61 bits per heavy atom. The molecule has 0 radical (unpaired) electrons. The van der Waals surface area contributed by atoms with Crippen molar-refractivity contribution in [2.45, 2.75) is 20.8 Å². The van der Waals surface area contributed by atoms with Gasteiger partial charge >= 0.3 is 0 Å². The first-order chi connectivity index (χ1) is 8.52. The van der Waals surface area contributed by atoms with Gasteiger partial charge in [0.15, 0.2) is 5.78 Å². The summed E-state index contributed by atoms with van der Waals surface area (Å²) >= 11 is 0. The molecule has 2 aromatic carbocycles. The van der Waals surface area contributed by atoms with Gasteiger partial charge in [0, 0.05) is 16.9 Å². The van der Waals surface area contributed by atoms with Gasteiger partial charge in [0.2, 0.25) is 0 Å². The average molecular weight is 244 g/mol. The molecule has 0 fully saturated rings. The number of carbonyl (C=O) groups excluding carboxylic acids is 1. The Kier molecular flexibility index (Phi) is 3.46. The first kappa shape index (κ1) is 12.7. The minimum Gasteiger partial charge on any atom is -0.294 e. The minimum absolute atomic E-state index is 0.0566. The van der Waals surface area contributed by atoms with Crippen LogP contribution in [-0.4, -0.2) is 5.78 Å². The summed E-state index contributed by atoms with van der Waals surface area (Å²) < 4.78 is 13.7. The number of halogens is 1. The van der Waals surface area contributed by atoms with Gasteiger partial charge in [-0.05, 0) is 23.4 Å². The van der Waals surface area contributed by atoms with E-state index < -0.39 is 0 Å². The third-order valence-corrected chi connectivity index (χ3v) is 3.55. The van der Waals surface area contributed by atoms with Crippen LogP contribution in [0.5, 0.6) is 0 Å². The molecule has 0 aliphatic rings. The van der Waals surface area contributed by atoms with Crippen LogP contribution < -0.4 is 0 Å². The lowest BCUT2D eigenvalue weighted by Gasteiger charge is -2.15. The van der Waals surface area contributed by atoms with E-state index in [2.05, 4.69) is 0 Å². The second-order valence-electron chi connectivity index (χ2n) is 5.04. The zero-order chi connectivity index (χ0) is 13.3. The third kappa shape index (κ3) is 2.15. The first-order valence-corrected chi connectivity index (χ1v) is 6.24. The lowest BCUT2D eigenvalue weighted by molar-refractivity contribution is 0.0901. The largest absolute Gasteiger partial charge is 0.294 e. The fraction of sp³-hybridized carbons (Fsp3) is 0.312. The smallest absolute Gasteiger partial charge is 0.166 e. The summed E-state index contributed by atoms with van der Waals surface area (Å²) in [5.41, 5.74) is 0.619. The van der Waals surface area contributed by atoms with Crippen LogP contribution in [0.3, 0.4) is 0 Å². The van der Waals surface area contributed by atoms with E-state index in [-0.39, 0.29) is 23.4 Å². The van der Waals surface area contributed by atoms with Crippen molar-refractivity contribution in [2.24, 2.45) is 11.8 Å². The molecule has 0 aliphatic carbocycles. The van der Waals surface area contributed by atoms with Gasteiger partial charge in [-0.1, -0.05) is 45.0 Å². The van der Waals surface area contributed by atoms with Gasteiger partial charge in [-0.2, -0.15) is 0 Å². The van der Waals surface area contributed by atoms with Gasteiger partial charge in [-0.15, -0.1) is 0 Å². The second kappa shape index (κ2) is 4.89. The predicted octanol–water partition coefficient (Wildman–Crippen LogP) is 4.45. The highest BCUT2D eigenvalue weighted by molar-refractivity contribution is 6.09. The van der Waals surface area contributed by atoms with Crippen molar-refractivity contribution in [2.75, 3.05) is 0 Å². The van der Waals surface area contributed by atoms with Gasteiger partial charge < -0.3 is 0 Å². The number of carbonyl (C=O) groups is 1. The molecule has 0 spiro atoms. The summed E-state index contributed by atoms with van der Waals surface area (Å²) in [5.74, 6) is 0.0285. The number of fused-ring (bicyclic) bond motifs is 1. The van der Waals surface area contributed by atoms with Crippen LogP contribution in [0.1, 0.15) is 31.1 Å². The molecule has 0 heterocycles.